The number of hydrogen-bond acceptors (Lipinski definition) is 2. The van der Waals surface area contributed by atoms with E-state index in [-0.39, 0.29) is 18.1 Å². The summed E-state index contributed by atoms with van der Waals surface area (Å²) in [7, 11) is 0. The van der Waals surface area contributed by atoms with E-state index in [1.165, 1.54) is 0 Å². The van der Waals surface area contributed by atoms with E-state index in [1.54, 1.807) is 12.5 Å². The lowest BCUT2D eigenvalue weighted by Gasteiger charge is -2.19. The van der Waals surface area contributed by atoms with Crippen molar-refractivity contribution in [2.24, 2.45) is 0 Å². The van der Waals surface area contributed by atoms with Gasteiger partial charge in [-0.05, 0) is 37.1 Å². The summed E-state index contributed by atoms with van der Waals surface area (Å²) in [6.07, 6.45) is 5.40. The molecule has 1 heterocycles. The number of rotatable bonds is 5. The predicted octanol–water partition coefficient (Wildman–Crippen LogP) is 3.99. The van der Waals surface area contributed by atoms with Crippen molar-refractivity contribution in [3.8, 4) is 5.69 Å². The minimum atomic E-state index is -0.178. The van der Waals surface area contributed by atoms with Crippen molar-refractivity contribution < 1.29 is 4.79 Å². The summed E-state index contributed by atoms with van der Waals surface area (Å²) in [4.78, 5) is 16.3. The lowest BCUT2D eigenvalue weighted by Crippen LogP contribution is -2.38. The number of carbonyl (C=O) groups is 1. The van der Waals surface area contributed by atoms with Crippen molar-refractivity contribution in [3.05, 3.63) is 84.4 Å². The predicted molar refractivity (Wildman–Crippen MR) is 98.5 cm³/mol. The number of amides is 2. The van der Waals surface area contributed by atoms with Crippen LogP contribution in [0, 0.1) is 0 Å². The van der Waals surface area contributed by atoms with Gasteiger partial charge in [-0.2, -0.15) is 0 Å². The third kappa shape index (κ3) is 4.26. The van der Waals surface area contributed by atoms with Crippen LogP contribution in [-0.4, -0.2) is 15.6 Å². The van der Waals surface area contributed by atoms with Crippen molar-refractivity contribution in [3.63, 3.8) is 0 Å². The zero-order valence-corrected chi connectivity index (χ0v) is 14.4. The van der Waals surface area contributed by atoms with Crippen molar-refractivity contribution in [1.82, 2.24) is 20.2 Å². The molecular formula is C20H22N4O. The Balaban J connectivity index is 1.58. The first-order chi connectivity index (χ1) is 12.1. The number of imidazole rings is 1. The Kier molecular flexibility index (Phi) is 5.14. The first-order valence-electron chi connectivity index (χ1n) is 8.34. The normalized spacial score (nSPS) is 13.0. The molecule has 0 saturated carbocycles. The van der Waals surface area contributed by atoms with Crippen LogP contribution in [0.2, 0.25) is 0 Å². The summed E-state index contributed by atoms with van der Waals surface area (Å²) in [6, 6.07) is 17.7. The average molecular weight is 334 g/mol. The molecule has 5 heteroatoms. The highest BCUT2D eigenvalue weighted by Gasteiger charge is 2.12. The van der Waals surface area contributed by atoms with Gasteiger partial charge in [0.2, 0.25) is 0 Å². The molecule has 2 amide bonds. The topological polar surface area (TPSA) is 59.0 Å². The quantitative estimate of drug-likeness (QED) is 0.741. The number of aromatic nitrogens is 2. The Labute approximate surface area is 147 Å². The molecule has 0 aliphatic rings. The standard InChI is InChI=1S/C20H22N4O/c1-15(17-6-4-3-5-7-17)22-20(25)23-16(2)18-8-10-19(11-9-18)24-13-12-21-14-24/h3-16H,1-2H3,(H2,22,23,25)/t15-,16-/m1/s1. The van der Waals surface area contributed by atoms with Gasteiger partial charge in [-0.15, -0.1) is 0 Å². The maximum atomic E-state index is 12.2. The van der Waals surface area contributed by atoms with Gasteiger partial charge >= 0.3 is 6.03 Å². The molecule has 5 nitrogen and oxygen atoms in total. The first-order valence-corrected chi connectivity index (χ1v) is 8.34. The van der Waals surface area contributed by atoms with E-state index >= 15 is 0 Å². The molecule has 0 aliphatic heterocycles. The highest BCUT2D eigenvalue weighted by atomic mass is 16.2. The maximum Gasteiger partial charge on any atom is 0.315 e. The molecule has 1 aromatic heterocycles. The third-order valence-electron chi connectivity index (χ3n) is 4.19. The molecule has 2 atom stereocenters. The molecule has 0 fully saturated rings. The highest BCUT2D eigenvalue weighted by Crippen LogP contribution is 2.16. The molecule has 0 bridgehead atoms. The molecule has 2 aromatic carbocycles. The van der Waals surface area contributed by atoms with E-state index < -0.39 is 0 Å². The Hall–Kier alpha value is -3.08. The fraction of sp³-hybridized carbons (Fsp3) is 0.200. The van der Waals surface area contributed by atoms with Gasteiger partial charge in [-0.1, -0.05) is 42.5 Å². The number of nitrogens with one attached hydrogen (secondary N) is 2. The van der Waals surface area contributed by atoms with Gasteiger partial charge < -0.3 is 15.2 Å². The second-order valence-electron chi connectivity index (χ2n) is 6.03. The number of urea groups is 1. The molecule has 3 aromatic rings. The molecule has 0 aliphatic carbocycles. The van der Waals surface area contributed by atoms with Crippen LogP contribution < -0.4 is 10.6 Å². The minimum absolute atomic E-state index is 0.0444. The van der Waals surface area contributed by atoms with Gasteiger partial charge in [-0.25, -0.2) is 9.78 Å². The number of benzene rings is 2. The molecule has 0 spiro atoms. The molecule has 0 saturated heterocycles. The lowest BCUT2D eigenvalue weighted by atomic mass is 10.1. The summed E-state index contributed by atoms with van der Waals surface area (Å²) in [5.41, 5.74) is 3.16. The fourth-order valence-corrected chi connectivity index (χ4v) is 2.69. The second-order valence-corrected chi connectivity index (χ2v) is 6.03. The van der Waals surface area contributed by atoms with Gasteiger partial charge in [0.25, 0.3) is 0 Å². The van der Waals surface area contributed by atoms with Gasteiger partial charge in [0.15, 0.2) is 0 Å². The van der Waals surface area contributed by atoms with Crippen molar-refractivity contribution in [2.75, 3.05) is 0 Å². The number of nitrogens with zero attached hydrogens (tertiary/aromatic N) is 2. The minimum Gasteiger partial charge on any atom is -0.332 e. The van der Waals surface area contributed by atoms with Crippen molar-refractivity contribution >= 4 is 6.03 Å². The Bertz CT molecular complexity index is 797. The van der Waals surface area contributed by atoms with Crippen molar-refractivity contribution in [1.29, 1.82) is 0 Å². The highest BCUT2D eigenvalue weighted by molar-refractivity contribution is 5.75. The molecule has 0 radical (unpaired) electrons. The van der Waals surface area contributed by atoms with E-state index in [1.807, 2.05) is 79.2 Å². The van der Waals surface area contributed by atoms with Gasteiger partial charge in [0.1, 0.15) is 0 Å². The Morgan fingerprint density at radius 2 is 1.52 bits per heavy atom. The van der Waals surface area contributed by atoms with Crippen LogP contribution in [0.5, 0.6) is 0 Å². The molecular weight excluding hydrogens is 312 g/mol. The monoisotopic (exact) mass is 334 g/mol. The van der Waals surface area contributed by atoms with Crippen LogP contribution in [0.15, 0.2) is 73.3 Å². The van der Waals surface area contributed by atoms with E-state index in [0.29, 0.717) is 0 Å². The molecule has 128 valence electrons. The molecule has 2 N–H and O–H groups in total. The summed E-state index contributed by atoms with van der Waals surface area (Å²) >= 11 is 0. The largest absolute Gasteiger partial charge is 0.332 e. The Morgan fingerprint density at radius 3 is 2.08 bits per heavy atom. The van der Waals surface area contributed by atoms with Crippen molar-refractivity contribution in [2.45, 2.75) is 25.9 Å². The van der Waals surface area contributed by atoms with Crippen LogP contribution in [0.1, 0.15) is 37.1 Å². The van der Waals surface area contributed by atoms with E-state index in [4.69, 9.17) is 0 Å². The maximum absolute atomic E-state index is 12.2. The number of hydrogen-bond donors (Lipinski definition) is 2. The van der Waals surface area contributed by atoms with E-state index in [0.717, 1.165) is 16.8 Å². The van der Waals surface area contributed by atoms with Crippen LogP contribution in [0.3, 0.4) is 0 Å². The van der Waals surface area contributed by atoms with Gasteiger partial charge in [0.05, 0.1) is 18.4 Å². The first kappa shape index (κ1) is 16.8. The third-order valence-corrected chi connectivity index (χ3v) is 4.19. The zero-order valence-electron chi connectivity index (χ0n) is 14.4. The molecule has 0 unspecified atom stereocenters. The zero-order chi connectivity index (χ0) is 17.6. The molecule has 25 heavy (non-hydrogen) atoms. The van der Waals surface area contributed by atoms with Crippen LogP contribution >= 0.6 is 0 Å². The van der Waals surface area contributed by atoms with E-state index in [9.17, 15) is 4.79 Å². The molecule has 3 rings (SSSR count). The fourth-order valence-electron chi connectivity index (χ4n) is 2.69. The van der Waals surface area contributed by atoms with Gasteiger partial charge in [-0.3, -0.25) is 0 Å². The van der Waals surface area contributed by atoms with E-state index in [2.05, 4.69) is 15.6 Å². The average Bonchev–Trinajstić information content (AvgIpc) is 3.17. The van der Waals surface area contributed by atoms with Crippen LogP contribution in [-0.2, 0) is 0 Å². The van der Waals surface area contributed by atoms with Crippen LogP contribution in [0.25, 0.3) is 5.69 Å². The summed E-state index contributed by atoms with van der Waals surface area (Å²) in [6.45, 7) is 3.94. The SMILES string of the molecule is C[C@@H](NC(=O)N[C@H](C)c1ccc(-n2ccnc2)cc1)c1ccccc1. The van der Waals surface area contributed by atoms with Gasteiger partial charge in [0, 0.05) is 18.1 Å². The number of carbonyl (C=O) groups excluding carboxylic acids is 1. The van der Waals surface area contributed by atoms with Crippen LogP contribution in [0.4, 0.5) is 4.79 Å². The smallest absolute Gasteiger partial charge is 0.315 e. The summed E-state index contributed by atoms with van der Waals surface area (Å²) in [5, 5.41) is 5.95. The Morgan fingerprint density at radius 1 is 0.920 bits per heavy atom. The summed E-state index contributed by atoms with van der Waals surface area (Å²) < 4.78 is 1.94. The second kappa shape index (κ2) is 7.66. The lowest BCUT2D eigenvalue weighted by molar-refractivity contribution is 0.235. The summed E-state index contributed by atoms with van der Waals surface area (Å²) in [5.74, 6) is 0.